The molecule has 2 N–H and O–H groups in total. The molecule has 2 fully saturated rings. The molecule has 2 nitrogen and oxygen atoms in total. The van der Waals surface area contributed by atoms with Gasteiger partial charge in [0.1, 0.15) is 5.75 Å². The number of aromatic hydroxyl groups is 1. The van der Waals surface area contributed by atoms with Gasteiger partial charge in [0.25, 0.3) is 0 Å². The quantitative estimate of drug-likeness (QED) is 0.867. The van der Waals surface area contributed by atoms with Crippen LogP contribution in [0.5, 0.6) is 5.75 Å². The minimum absolute atomic E-state index is 0.405. The molecule has 2 heteroatoms. The van der Waals surface area contributed by atoms with Crippen LogP contribution in [-0.2, 0) is 6.54 Å². The molecule has 104 valence electrons. The van der Waals surface area contributed by atoms with Crippen LogP contribution in [0.2, 0.25) is 0 Å². The molecule has 0 saturated heterocycles. The fourth-order valence-electron chi connectivity index (χ4n) is 4.41. The summed E-state index contributed by atoms with van der Waals surface area (Å²) in [5.41, 5.74) is 1.86. The van der Waals surface area contributed by atoms with Gasteiger partial charge in [0.15, 0.2) is 0 Å². The Bertz CT molecular complexity index is 482. The second kappa shape index (κ2) is 4.24. The average molecular weight is 259 g/mol. The summed E-state index contributed by atoms with van der Waals surface area (Å²) >= 11 is 0. The molecule has 0 unspecified atom stereocenters. The first-order chi connectivity index (χ1) is 8.95. The van der Waals surface area contributed by atoms with Crippen LogP contribution in [0, 0.1) is 16.7 Å². The number of nitrogens with one attached hydrogen (secondary N) is 1. The number of phenols is 1. The Morgan fingerprint density at radius 2 is 2.00 bits per heavy atom. The van der Waals surface area contributed by atoms with E-state index >= 15 is 0 Å². The standard InChI is InChI=1S/C17H25NO/c1-16(2)13-8-9-17(16,3)15(10-13)18-11-12-6-4-5-7-14(12)19/h4-7,13,15,18-19H,8-11H2,1-3H3/t13-,15-,17+/m1/s1. The number of rotatable bonds is 3. The molecule has 2 bridgehead atoms. The molecule has 2 aliphatic carbocycles. The largest absolute Gasteiger partial charge is 0.508 e. The van der Waals surface area contributed by atoms with Crippen molar-refractivity contribution >= 4 is 0 Å². The lowest BCUT2D eigenvalue weighted by atomic mass is 9.69. The summed E-state index contributed by atoms with van der Waals surface area (Å²) in [6.07, 6.45) is 4.01. The van der Waals surface area contributed by atoms with Gasteiger partial charge in [0.2, 0.25) is 0 Å². The lowest BCUT2D eigenvalue weighted by Crippen LogP contribution is -2.44. The monoisotopic (exact) mass is 259 g/mol. The van der Waals surface area contributed by atoms with Gasteiger partial charge in [-0.3, -0.25) is 0 Å². The van der Waals surface area contributed by atoms with Crippen LogP contribution in [-0.4, -0.2) is 11.1 Å². The molecule has 0 spiro atoms. The number of para-hydroxylation sites is 1. The molecule has 2 aliphatic rings. The minimum atomic E-state index is 0.405. The van der Waals surface area contributed by atoms with E-state index in [4.69, 9.17) is 0 Å². The van der Waals surface area contributed by atoms with E-state index in [-0.39, 0.29) is 0 Å². The van der Waals surface area contributed by atoms with E-state index in [1.54, 1.807) is 6.07 Å². The lowest BCUT2D eigenvalue weighted by molar-refractivity contribution is 0.120. The van der Waals surface area contributed by atoms with Gasteiger partial charge in [-0.25, -0.2) is 0 Å². The molecule has 1 aromatic carbocycles. The third-order valence-electron chi connectivity index (χ3n) is 6.32. The molecule has 1 aromatic rings. The van der Waals surface area contributed by atoms with E-state index in [2.05, 4.69) is 26.1 Å². The van der Waals surface area contributed by atoms with Gasteiger partial charge < -0.3 is 10.4 Å². The Labute approximate surface area is 116 Å². The normalized spacial score (nSPS) is 35.7. The molecule has 0 heterocycles. The molecule has 0 radical (unpaired) electrons. The van der Waals surface area contributed by atoms with E-state index in [9.17, 15) is 5.11 Å². The topological polar surface area (TPSA) is 32.3 Å². The van der Waals surface area contributed by atoms with Gasteiger partial charge in [0, 0.05) is 18.2 Å². The Morgan fingerprint density at radius 1 is 1.26 bits per heavy atom. The smallest absolute Gasteiger partial charge is 0.120 e. The molecule has 2 saturated carbocycles. The fourth-order valence-corrected chi connectivity index (χ4v) is 4.41. The highest BCUT2D eigenvalue weighted by Crippen LogP contribution is 2.65. The Morgan fingerprint density at radius 3 is 2.58 bits per heavy atom. The van der Waals surface area contributed by atoms with E-state index in [1.165, 1.54) is 19.3 Å². The van der Waals surface area contributed by atoms with Crippen molar-refractivity contribution in [2.45, 2.75) is 52.6 Å². The van der Waals surface area contributed by atoms with Crippen LogP contribution in [0.1, 0.15) is 45.6 Å². The zero-order chi connectivity index (χ0) is 13.7. The Kier molecular flexibility index (Phi) is 2.90. The Balaban J connectivity index is 1.71. The van der Waals surface area contributed by atoms with E-state index < -0.39 is 0 Å². The second-order valence-electron chi connectivity index (χ2n) is 7.17. The highest BCUT2D eigenvalue weighted by atomic mass is 16.3. The van der Waals surface area contributed by atoms with Crippen LogP contribution >= 0.6 is 0 Å². The van der Waals surface area contributed by atoms with Crippen LogP contribution in [0.25, 0.3) is 0 Å². The first-order valence-electron chi connectivity index (χ1n) is 7.45. The van der Waals surface area contributed by atoms with Crippen molar-refractivity contribution in [3.63, 3.8) is 0 Å². The van der Waals surface area contributed by atoms with Gasteiger partial charge in [-0.2, -0.15) is 0 Å². The van der Waals surface area contributed by atoms with Gasteiger partial charge in [-0.15, -0.1) is 0 Å². The minimum Gasteiger partial charge on any atom is -0.508 e. The van der Waals surface area contributed by atoms with Crippen molar-refractivity contribution < 1.29 is 5.11 Å². The average Bonchev–Trinajstić information content (AvgIpc) is 2.70. The van der Waals surface area contributed by atoms with Crippen LogP contribution in [0.4, 0.5) is 0 Å². The van der Waals surface area contributed by atoms with Crippen molar-refractivity contribution in [2.24, 2.45) is 16.7 Å². The van der Waals surface area contributed by atoms with Gasteiger partial charge in [-0.05, 0) is 42.1 Å². The summed E-state index contributed by atoms with van der Waals surface area (Å²) in [6, 6.07) is 8.22. The van der Waals surface area contributed by atoms with Crippen molar-refractivity contribution in [1.82, 2.24) is 5.32 Å². The first-order valence-corrected chi connectivity index (χ1v) is 7.45. The van der Waals surface area contributed by atoms with E-state index in [1.807, 2.05) is 18.2 Å². The van der Waals surface area contributed by atoms with E-state index in [0.29, 0.717) is 22.6 Å². The highest BCUT2D eigenvalue weighted by Gasteiger charge is 2.60. The van der Waals surface area contributed by atoms with Crippen molar-refractivity contribution in [1.29, 1.82) is 0 Å². The molecule has 3 rings (SSSR count). The summed E-state index contributed by atoms with van der Waals surface area (Å²) in [6.45, 7) is 8.09. The van der Waals surface area contributed by atoms with E-state index in [0.717, 1.165) is 18.0 Å². The summed E-state index contributed by atoms with van der Waals surface area (Å²) in [4.78, 5) is 0. The van der Waals surface area contributed by atoms with Crippen molar-refractivity contribution in [3.8, 4) is 5.75 Å². The predicted molar refractivity (Wildman–Crippen MR) is 78.0 cm³/mol. The summed E-state index contributed by atoms with van der Waals surface area (Å²) < 4.78 is 0. The SMILES string of the molecule is CC1(C)[C@@H]2CC[C@@]1(C)[C@H](NCc1ccccc1O)C2. The molecule has 0 aromatic heterocycles. The number of benzene rings is 1. The maximum absolute atomic E-state index is 9.84. The molecule has 19 heavy (non-hydrogen) atoms. The molecule has 0 aliphatic heterocycles. The predicted octanol–water partition coefficient (Wildman–Crippen LogP) is 3.70. The molecule has 3 atom stereocenters. The van der Waals surface area contributed by atoms with Crippen LogP contribution in [0.3, 0.4) is 0 Å². The maximum Gasteiger partial charge on any atom is 0.120 e. The fraction of sp³-hybridized carbons (Fsp3) is 0.647. The third-order valence-corrected chi connectivity index (χ3v) is 6.32. The number of hydrogen-bond donors (Lipinski definition) is 2. The number of hydrogen-bond acceptors (Lipinski definition) is 2. The molecule has 0 amide bonds. The molecular weight excluding hydrogens is 234 g/mol. The second-order valence-corrected chi connectivity index (χ2v) is 7.17. The van der Waals surface area contributed by atoms with Crippen LogP contribution < -0.4 is 5.32 Å². The highest BCUT2D eigenvalue weighted by molar-refractivity contribution is 5.31. The summed E-state index contributed by atoms with van der Waals surface area (Å²) in [7, 11) is 0. The summed E-state index contributed by atoms with van der Waals surface area (Å²) in [5, 5.41) is 13.5. The number of phenolic OH excluding ortho intramolecular Hbond substituents is 1. The van der Waals surface area contributed by atoms with Crippen molar-refractivity contribution in [2.75, 3.05) is 0 Å². The van der Waals surface area contributed by atoms with Crippen molar-refractivity contribution in [3.05, 3.63) is 29.8 Å². The summed E-state index contributed by atoms with van der Waals surface area (Å²) in [5.74, 6) is 1.27. The first kappa shape index (κ1) is 13.0. The lowest BCUT2D eigenvalue weighted by Gasteiger charge is -2.39. The molecular formula is C17H25NO. The van der Waals surface area contributed by atoms with Gasteiger partial charge in [-0.1, -0.05) is 39.0 Å². The zero-order valence-electron chi connectivity index (χ0n) is 12.2. The van der Waals surface area contributed by atoms with Crippen LogP contribution in [0.15, 0.2) is 24.3 Å². The van der Waals surface area contributed by atoms with Gasteiger partial charge in [0.05, 0.1) is 0 Å². The number of fused-ring (bicyclic) bond motifs is 2. The maximum atomic E-state index is 9.84. The van der Waals surface area contributed by atoms with Gasteiger partial charge >= 0.3 is 0 Å². The third kappa shape index (κ3) is 1.80. The Hall–Kier alpha value is -1.02. The zero-order valence-corrected chi connectivity index (χ0v) is 12.2.